The third-order valence-corrected chi connectivity index (χ3v) is 3.20. The molecule has 0 amide bonds. The van der Waals surface area contributed by atoms with Crippen LogP contribution in [0.3, 0.4) is 0 Å². The number of methoxy groups -OCH3 is 1. The molecule has 1 saturated heterocycles. The van der Waals surface area contributed by atoms with Crippen LogP contribution in [0.4, 0.5) is 5.82 Å². The van der Waals surface area contributed by atoms with Crippen molar-refractivity contribution in [3.63, 3.8) is 0 Å². The first-order valence-corrected chi connectivity index (χ1v) is 5.89. The highest BCUT2D eigenvalue weighted by Crippen LogP contribution is 2.19. The first-order chi connectivity index (χ1) is 6.90. The molecule has 1 aliphatic heterocycles. The summed E-state index contributed by atoms with van der Waals surface area (Å²) in [6.45, 7) is 2.18. The Labute approximate surface area is 88.5 Å². The number of aromatic nitrogens is 1. The largest absolute Gasteiger partial charge is 0.481 e. The van der Waals surface area contributed by atoms with Crippen LogP contribution in [0.5, 0.6) is 5.88 Å². The lowest BCUT2D eigenvalue weighted by atomic mass is 10.4. The lowest BCUT2D eigenvalue weighted by Crippen LogP contribution is -2.33. The predicted molar refractivity (Wildman–Crippen MR) is 60.3 cm³/mol. The molecule has 0 atom stereocenters. The van der Waals surface area contributed by atoms with Gasteiger partial charge in [0.05, 0.1) is 7.11 Å². The average molecular weight is 210 g/mol. The summed E-state index contributed by atoms with van der Waals surface area (Å²) in [6, 6.07) is 5.91. The van der Waals surface area contributed by atoms with E-state index in [4.69, 9.17) is 4.74 Å². The maximum Gasteiger partial charge on any atom is 0.214 e. The van der Waals surface area contributed by atoms with Gasteiger partial charge >= 0.3 is 0 Å². The van der Waals surface area contributed by atoms with Crippen LogP contribution in [-0.2, 0) is 0 Å². The highest BCUT2D eigenvalue weighted by molar-refractivity contribution is 7.99. The van der Waals surface area contributed by atoms with Crippen LogP contribution < -0.4 is 9.64 Å². The molecule has 0 aliphatic carbocycles. The number of hydrogen-bond donors (Lipinski definition) is 0. The molecule has 1 fully saturated rings. The third kappa shape index (κ3) is 2.12. The molecule has 0 aromatic carbocycles. The Hall–Kier alpha value is -0.900. The molecular weight excluding hydrogens is 196 g/mol. The molecule has 0 bridgehead atoms. The summed E-state index contributed by atoms with van der Waals surface area (Å²) >= 11 is 2.00. The van der Waals surface area contributed by atoms with Crippen LogP contribution in [0.15, 0.2) is 18.2 Å². The van der Waals surface area contributed by atoms with Crippen molar-refractivity contribution in [2.75, 3.05) is 36.6 Å². The molecule has 4 heteroatoms. The minimum atomic E-state index is 0.695. The lowest BCUT2D eigenvalue weighted by Gasteiger charge is -2.27. The van der Waals surface area contributed by atoms with Gasteiger partial charge in [0.2, 0.25) is 5.88 Å². The van der Waals surface area contributed by atoms with Gasteiger partial charge in [0.1, 0.15) is 5.82 Å². The number of hydrogen-bond acceptors (Lipinski definition) is 4. The molecule has 14 heavy (non-hydrogen) atoms. The number of pyridine rings is 1. The summed E-state index contributed by atoms with van der Waals surface area (Å²) in [4.78, 5) is 6.71. The van der Waals surface area contributed by atoms with Crippen molar-refractivity contribution in [2.45, 2.75) is 0 Å². The molecule has 0 radical (unpaired) electrons. The second-order valence-corrected chi connectivity index (χ2v) is 4.36. The molecule has 2 rings (SSSR count). The van der Waals surface area contributed by atoms with Crippen molar-refractivity contribution in [3.05, 3.63) is 18.2 Å². The van der Waals surface area contributed by atoms with Gasteiger partial charge in [-0.25, -0.2) is 0 Å². The van der Waals surface area contributed by atoms with E-state index in [9.17, 15) is 0 Å². The summed E-state index contributed by atoms with van der Waals surface area (Å²) < 4.78 is 5.10. The SMILES string of the molecule is COc1cccc(N2CCSCC2)n1. The van der Waals surface area contributed by atoms with E-state index in [0.29, 0.717) is 5.88 Å². The zero-order valence-corrected chi connectivity index (χ0v) is 9.09. The molecule has 0 saturated carbocycles. The van der Waals surface area contributed by atoms with Gasteiger partial charge in [-0.05, 0) is 6.07 Å². The van der Waals surface area contributed by atoms with E-state index in [2.05, 4.69) is 9.88 Å². The second kappa shape index (κ2) is 4.55. The van der Waals surface area contributed by atoms with Crippen LogP contribution in [0.1, 0.15) is 0 Å². The Morgan fingerprint density at radius 2 is 2.14 bits per heavy atom. The standard InChI is InChI=1S/C10H14N2OS/c1-13-10-4-2-3-9(11-10)12-5-7-14-8-6-12/h2-4H,5-8H2,1H3. The number of nitrogens with zero attached hydrogens (tertiary/aromatic N) is 2. The number of ether oxygens (including phenoxy) is 1. The molecule has 0 spiro atoms. The summed E-state index contributed by atoms with van der Waals surface area (Å²) in [7, 11) is 1.65. The fourth-order valence-electron chi connectivity index (χ4n) is 1.49. The van der Waals surface area contributed by atoms with Crippen LogP contribution in [-0.4, -0.2) is 36.7 Å². The smallest absolute Gasteiger partial charge is 0.214 e. The maximum absolute atomic E-state index is 5.10. The summed E-state index contributed by atoms with van der Waals surface area (Å²) in [5.74, 6) is 4.11. The number of thioether (sulfide) groups is 1. The van der Waals surface area contributed by atoms with E-state index in [1.54, 1.807) is 7.11 Å². The quantitative estimate of drug-likeness (QED) is 0.741. The van der Waals surface area contributed by atoms with E-state index in [1.165, 1.54) is 11.5 Å². The Morgan fingerprint density at radius 3 is 2.86 bits per heavy atom. The monoisotopic (exact) mass is 210 g/mol. The zero-order valence-electron chi connectivity index (χ0n) is 8.27. The first-order valence-electron chi connectivity index (χ1n) is 4.74. The first kappa shape index (κ1) is 9.65. The third-order valence-electron chi connectivity index (χ3n) is 2.25. The van der Waals surface area contributed by atoms with Crippen molar-refractivity contribution < 1.29 is 4.74 Å². The van der Waals surface area contributed by atoms with Crippen molar-refractivity contribution in [1.82, 2.24) is 4.98 Å². The van der Waals surface area contributed by atoms with E-state index >= 15 is 0 Å². The Kier molecular flexibility index (Phi) is 3.14. The molecule has 0 unspecified atom stereocenters. The minimum Gasteiger partial charge on any atom is -0.481 e. The van der Waals surface area contributed by atoms with Crippen molar-refractivity contribution >= 4 is 17.6 Å². The van der Waals surface area contributed by atoms with Crippen LogP contribution in [0.2, 0.25) is 0 Å². The molecule has 76 valence electrons. The number of rotatable bonds is 2. The van der Waals surface area contributed by atoms with Crippen LogP contribution >= 0.6 is 11.8 Å². The van der Waals surface area contributed by atoms with Crippen molar-refractivity contribution in [2.24, 2.45) is 0 Å². The Bertz CT molecular complexity index is 300. The average Bonchev–Trinajstić information content (AvgIpc) is 2.30. The topological polar surface area (TPSA) is 25.4 Å². The summed E-state index contributed by atoms with van der Waals surface area (Å²) in [5, 5.41) is 0. The van der Waals surface area contributed by atoms with Gasteiger partial charge in [-0.1, -0.05) is 6.07 Å². The van der Waals surface area contributed by atoms with Crippen molar-refractivity contribution in [1.29, 1.82) is 0 Å². The fourth-order valence-corrected chi connectivity index (χ4v) is 2.39. The molecule has 0 N–H and O–H groups in total. The summed E-state index contributed by atoms with van der Waals surface area (Å²) in [5.41, 5.74) is 0. The lowest BCUT2D eigenvalue weighted by molar-refractivity contribution is 0.398. The van der Waals surface area contributed by atoms with E-state index in [1.807, 2.05) is 30.0 Å². The van der Waals surface area contributed by atoms with Gasteiger partial charge in [0.25, 0.3) is 0 Å². The van der Waals surface area contributed by atoms with Gasteiger partial charge in [0.15, 0.2) is 0 Å². The fraction of sp³-hybridized carbons (Fsp3) is 0.500. The highest BCUT2D eigenvalue weighted by atomic mass is 32.2. The summed E-state index contributed by atoms with van der Waals surface area (Å²) in [6.07, 6.45) is 0. The van der Waals surface area contributed by atoms with Gasteiger partial charge in [0, 0.05) is 30.7 Å². The van der Waals surface area contributed by atoms with Gasteiger partial charge in [-0.2, -0.15) is 16.7 Å². The molecule has 1 aromatic heterocycles. The highest BCUT2D eigenvalue weighted by Gasteiger charge is 2.12. The second-order valence-electron chi connectivity index (χ2n) is 3.14. The predicted octanol–water partition coefficient (Wildman–Crippen LogP) is 1.64. The normalized spacial score (nSPS) is 16.8. The van der Waals surface area contributed by atoms with Crippen LogP contribution in [0.25, 0.3) is 0 Å². The van der Waals surface area contributed by atoms with E-state index in [-0.39, 0.29) is 0 Å². The molecular formula is C10H14N2OS. The molecule has 1 aromatic rings. The van der Waals surface area contributed by atoms with Gasteiger partial charge in [-0.3, -0.25) is 0 Å². The van der Waals surface area contributed by atoms with Crippen molar-refractivity contribution in [3.8, 4) is 5.88 Å². The molecule has 2 heterocycles. The minimum absolute atomic E-state index is 0.695. The zero-order chi connectivity index (χ0) is 9.80. The number of anilines is 1. The Morgan fingerprint density at radius 1 is 1.36 bits per heavy atom. The Balaban J connectivity index is 2.13. The maximum atomic E-state index is 5.10. The van der Waals surface area contributed by atoms with Crippen LogP contribution in [0, 0.1) is 0 Å². The van der Waals surface area contributed by atoms with Gasteiger partial charge in [-0.15, -0.1) is 0 Å². The molecule has 3 nitrogen and oxygen atoms in total. The van der Waals surface area contributed by atoms with E-state index < -0.39 is 0 Å². The van der Waals surface area contributed by atoms with E-state index in [0.717, 1.165) is 18.9 Å². The van der Waals surface area contributed by atoms with Gasteiger partial charge < -0.3 is 9.64 Å². The molecule has 1 aliphatic rings.